The second-order valence-electron chi connectivity index (χ2n) is 7.47. The number of alkyl halides is 1. The van der Waals surface area contributed by atoms with Crippen molar-refractivity contribution in [3.8, 4) is 0 Å². The third-order valence-corrected chi connectivity index (χ3v) is 10.8. The van der Waals surface area contributed by atoms with E-state index in [2.05, 4.69) is 15.9 Å². The van der Waals surface area contributed by atoms with Crippen molar-refractivity contribution in [3.05, 3.63) is 91.0 Å². The summed E-state index contributed by atoms with van der Waals surface area (Å²) in [7, 11) is 0. The molecule has 0 heterocycles. The molecule has 1 aliphatic carbocycles. The lowest BCUT2D eigenvalue weighted by Crippen LogP contribution is -2.39. The molecule has 0 amide bonds. The van der Waals surface area contributed by atoms with Gasteiger partial charge in [-0.05, 0) is 36.1 Å². The molecule has 1 fully saturated rings. The number of hydrogen-bond acceptors (Lipinski definition) is 3. The van der Waals surface area contributed by atoms with Gasteiger partial charge in [0, 0.05) is 10.7 Å². The molecular weight excluding hydrogens is 471 g/mol. The summed E-state index contributed by atoms with van der Waals surface area (Å²) >= 11 is 3.57. The molecule has 5 heteroatoms. The molecule has 31 heavy (non-hydrogen) atoms. The Morgan fingerprint density at radius 2 is 1.23 bits per heavy atom. The van der Waals surface area contributed by atoms with E-state index < -0.39 is 12.9 Å². The number of hydrogen-bond donors (Lipinski definition) is 0. The van der Waals surface area contributed by atoms with Crippen LogP contribution in [0.15, 0.2) is 91.0 Å². The van der Waals surface area contributed by atoms with Gasteiger partial charge in [0.15, 0.2) is 5.78 Å². The summed E-state index contributed by atoms with van der Waals surface area (Å²) in [5.74, 6) is -0.816. The van der Waals surface area contributed by atoms with E-state index in [1.54, 1.807) is 6.92 Å². The Labute approximate surface area is 191 Å². The average molecular weight is 495 g/mol. The van der Waals surface area contributed by atoms with Crippen molar-refractivity contribution in [2.75, 3.05) is 6.61 Å². The minimum Gasteiger partial charge on any atom is -0.462 e. The second-order valence-corrected chi connectivity index (χ2v) is 12.0. The summed E-state index contributed by atoms with van der Waals surface area (Å²) < 4.78 is 5.52. The molecule has 0 saturated heterocycles. The number of carbonyl (C=O) groups is 2. The summed E-state index contributed by atoms with van der Waals surface area (Å²) in [6.45, 7) is -0.779. The van der Waals surface area contributed by atoms with E-state index in [0.29, 0.717) is 0 Å². The van der Waals surface area contributed by atoms with E-state index in [1.807, 2.05) is 91.0 Å². The zero-order valence-corrected chi connectivity index (χ0v) is 19.8. The molecule has 3 aromatic carbocycles. The van der Waals surface area contributed by atoms with Gasteiger partial charge in [0.1, 0.15) is 5.29 Å². The van der Waals surface area contributed by atoms with Gasteiger partial charge in [-0.25, -0.2) is 4.79 Å². The minimum atomic E-state index is -2.77. The van der Waals surface area contributed by atoms with E-state index in [0.717, 1.165) is 22.3 Å². The molecule has 1 saturated carbocycles. The molecule has 3 aromatic rings. The largest absolute Gasteiger partial charge is 0.462 e. The number of esters is 1. The molecule has 0 N–H and O–H groups in total. The van der Waals surface area contributed by atoms with Crippen molar-refractivity contribution < 1.29 is 14.3 Å². The van der Waals surface area contributed by atoms with Gasteiger partial charge in [-0.15, -0.1) is 0 Å². The van der Waals surface area contributed by atoms with Crippen LogP contribution in [-0.2, 0) is 14.3 Å². The number of halogens is 1. The molecule has 2 atom stereocenters. The summed E-state index contributed by atoms with van der Waals surface area (Å²) in [6, 6.07) is 29.8. The molecule has 0 bridgehead atoms. The fourth-order valence-electron chi connectivity index (χ4n) is 4.00. The predicted octanol–water partition coefficient (Wildman–Crippen LogP) is 4.07. The Kier molecular flexibility index (Phi) is 6.60. The predicted molar refractivity (Wildman–Crippen MR) is 133 cm³/mol. The molecule has 3 nitrogen and oxygen atoms in total. The Bertz CT molecular complexity index is 1020. The Balaban J connectivity index is 2.21. The second kappa shape index (κ2) is 9.38. The van der Waals surface area contributed by atoms with Crippen LogP contribution >= 0.6 is 22.8 Å². The smallest absolute Gasteiger partial charge is 0.342 e. The van der Waals surface area contributed by atoms with Crippen molar-refractivity contribution in [2.24, 2.45) is 5.92 Å². The molecule has 0 aliphatic heterocycles. The van der Waals surface area contributed by atoms with Crippen LogP contribution in [0.3, 0.4) is 0 Å². The van der Waals surface area contributed by atoms with Crippen LogP contribution in [0, 0.1) is 5.92 Å². The van der Waals surface area contributed by atoms with Crippen molar-refractivity contribution in [1.29, 1.82) is 0 Å². The maximum Gasteiger partial charge on any atom is 0.342 e. The third-order valence-electron chi connectivity index (χ3n) is 5.52. The Hall–Kier alpha value is -2.42. The number of ether oxygens (including phenoxy) is 1. The molecule has 0 aromatic heterocycles. The lowest BCUT2D eigenvalue weighted by atomic mass is 10.2. The first-order chi connectivity index (χ1) is 15.1. The molecule has 158 valence electrons. The minimum absolute atomic E-state index is 0.105. The van der Waals surface area contributed by atoms with Crippen LogP contribution in [0.4, 0.5) is 0 Å². The number of carbonyl (C=O) groups excluding carboxylic acids is 2. The standard InChI is InChI=1S/C26H24BrO3P/c1-2-30-26(29)25(24(28)22-18-23(22)27)31(19-12-6-3-7-13-19,20-14-8-4-9-15-20)21-16-10-5-11-17-21/h3-17,22-23H,2,18H2,1H3/t22-,23+/m1/s1. The molecule has 0 spiro atoms. The van der Waals surface area contributed by atoms with E-state index >= 15 is 0 Å². The quantitative estimate of drug-likeness (QED) is 0.215. The highest BCUT2D eigenvalue weighted by atomic mass is 79.9. The zero-order chi connectivity index (χ0) is 21.8. The summed E-state index contributed by atoms with van der Waals surface area (Å²) in [6.07, 6.45) is 0.736. The highest BCUT2D eigenvalue weighted by Gasteiger charge is 2.47. The molecular formula is C26H24BrO3P. The van der Waals surface area contributed by atoms with Crippen LogP contribution in [0.2, 0.25) is 0 Å². The maximum absolute atomic E-state index is 13.9. The maximum atomic E-state index is 13.9. The van der Waals surface area contributed by atoms with Crippen molar-refractivity contribution >= 4 is 55.8 Å². The lowest BCUT2D eigenvalue weighted by Gasteiger charge is -2.31. The first-order valence-electron chi connectivity index (χ1n) is 10.4. The topological polar surface area (TPSA) is 43.4 Å². The molecule has 0 unspecified atom stereocenters. The highest BCUT2D eigenvalue weighted by molar-refractivity contribution is 9.09. The first-order valence-corrected chi connectivity index (χ1v) is 13.1. The normalized spacial score (nSPS) is 17.6. The van der Waals surface area contributed by atoms with Crippen LogP contribution in [0.1, 0.15) is 13.3 Å². The van der Waals surface area contributed by atoms with Gasteiger partial charge >= 0.3 is 5.97 Å². The van der Waals surface area contributed by atoms with Gasteiger partial charge in [-0.3, -0.25) is 4.79 Å². The van der Waals surface area contributed by atoms with Gasteiger partial charge in [0.25, 0.3) is 0 Å². The Morgan fingerprint density at radius 3 is 1.55 bits per heavy atom. The third kappa shape index (κ3) is 4.07. The van der Waals surface area contributed by atoms with Crippen LogP contribution in [0.5, 0.6) is 0 Å². The van der Waals surface area contributed by atoms with Crippen molar-refractivity contribution in [1.82, 2.24) is 0 Å². The number of ketones is 1. The summed E-state index contributed by atoms with van der Waals surface area (Å²) in [4.78, 5) is 27.5. The van der Waals surface area contributed by atoms with Gasteiger partial charge in [-0.1, -0.05) is 107 Å². The van der Waals surface area contributed by atoms with Gasteiger partial charge in [-0.2, -0.15) is 0 Å². The monoisotopic (exact) mass is 494 g/mol. The molecule has 4 rings (SSSR count). The van der Waals surface area contributed by atoms with E-state index in [1.165, 1.54) is 0 Å². The van der Waals surface area contributed by atoms with Gasteiger partial charge in [0.2, 0.25) is 0 Å². The van der Waals surface area contributed by atoms with E-state index in [-0.39, 0.29) is 28.4 Å². The van der Waals surface area contributed by atoms with Crippen molar-refractivity contribution in [3.63, 3.8) is 0 Å². The molecule has 1 aliphatic rings. The molecule has 0 radical (unpaired) electrons. The zero-order valence-electron chi connectivity index (χ0n) is 17.3. The SMILES string of the molecule is CCOC(=O)C(C(=O)[C@@H]1C[C@@H]1Br)=P(c1ccccc1)(c1ccccc1)c1ccccc1. The fraction of sp³-hybridized carbons (Fsp3) is 0.192. The van der Waals surface area contributed by atoms with E-state index in [4.69, 9.17) is 4.74 Å². The number of Topliss-reactive ketones (excluding diaryl/α,β-unsaturated/α-hetero) is 1. The van der Waals surface area contributed by atoms with Gasteiger partial charge in [0.05, 0.1) is 6.61 Å². The fourth-order valence-corrected chi connectivity index (χ4v) is 9.01. The lowest BCUT2D eigenvalue weighted by molar-refractivity contribution is -0.135. The summed E-state index contributed by atoms with van der Waals surface area (Å²) in [5.41, 5.74) is 0. The average Bonchev–Trinajstić information content (AvgIpc) is 3.55. The van der Waals surface area contributed by atoms with Crippen molar-refractivity contribution in [2.45, 2.75) is 18.2 Å². The van der Waals surface area contributed by atoms with E-state index in [9.17, 15) is 9.59 Å². The number of rotatable bonds is 7. The van der Waals surface area contributed by atoms with Crippen LogP contribution < -0.4 is 15.9 Å². The van der Waals surface area contributed by atoms with Gasteiger partial charge < -0.3 is 4.74 Å². The first kappa shape index (κ1) is 21.8. The number of benzene rings is 3. The summed E-state index contributed by atoms with van der Waals surface area (Å²) in [5, 5.41) is 3.19. The van der Waals surface area contributed by atoms with Crippen LogP contribution in [-0.4, -0.2) is 28.5 Å². The Morgan fingerprint density at radius 1 is 0.839 bits per heavy atom. The highest BCUT2D eigenvalue weighted by Crippen LogP contribution is 2.49. The van der Waals surface area contributed by atoms with Crippen LogP contribution in [0.25, 0.3) is 0 Å².